The van der Waals surface area contributed by atoms with Gasteiger partial charge in [0.1, 0.15) is 11.6 Å². The van der Waals surface area contributed by atoms with Gasteiger partial charge in [-0.15, -0.1) is 0 Å². The predicted molar refractivity (Wildman–Crippen MR) is 109 cm³/mol. The molecule has 3 aromatic rings. The number of nitrogens with zero attached hydrogens (tertiary/aromatic N) is 4. The molecule has 29 heavy (non-hydrogen) atoms. The van der Waals surface area contributed by atoms with Crippen LogP contribution >= 0.6 is 0 Å². The monoisotopic (exact) mass is 396 g/mol. The number of halogens is 1. The SMILES string of the molecule is CC(C)c1c(C(=O)N(C)CCCOc2ccc(F)cc2)cnn1-c1ccccn1. The lowest BCUT2D eigenvalue weighted by Crippen LogP contribution is -2.29. The number of rotatable bonds is 8. The van der Waals surface area contributed by atoms with Crippen LogP contribution < -0.4 is 4.74 Å². The van der Waals surface area contributed by atoms with Crippen molar-refractivity contribution in [3.05, 3.63) is 71.9 Å². The average molecular weight is 396 g/mol. The van der Waals surface area contributed by atoms with Gasteiger partial charge in [-0.3, -0.25) is 4.79 Å². The number of benzene rings is 1. The molecule has 0 aliphatic heterocycles. The first kappa shape index (κ1) is 20.5. The molecule has 0 radical (unpaired) electrons. The number of amides is 1. The topological polar surface area (TPSA) is 60.3 Å². The van der Waals surface area contributed by atoms with E-state index >= 15 is 0 Å². The van der Waals surface area contributed by atoms with Gasteiger partial charge in [0.15, 0.2) is 5.82 Å². The number of ether oxygens (including phenoxy) is 1. The lowest BCUT2D eigenvalue weighted by molar-refractivity contribution is 0.0786. The van der Waals surface area contributed by atoms with E-state index in [1.165, 1.54) is 12.1 Å². The Morgan fingerprint density at radius 2 is 1.97 bits per heavy atom. The predicted octanol–water partition coefficient (Wildman–Crippen LogP) is 4.07. The Labute approximate surface area is 169 Å². The second-order valence-corrected chi connectivity index (χ2v) is 7.08. The first-order valence-electron chi connectivity index (χ1n) is 9.60. The first-order valence-corrected chi connectivity index (χ1v) is 9.60. The lowest BCUT2D eigenvalue weighted by Gasteiger charge is -2.19. The smallest absolute Gasteiger partial charge is 0.257 e. The van der Waals surface area contributed by atoms with E-state index in [4.69, 9.17) is 4.74 Å². The van der Waals surface area contributed by atoms with Crippen molar-refractivity contribution in [3.8, 4) is 11.6 Å². The Hall–Kier alpha value is -3.22. The maximum atomic E-state index is 13.0. The second-order valence-electron chi connectivity index (χ2n) is 7.08. The number of aromatic nitrogens is 3. The summed E-state index contributed by atoms with van der Waals surface area (Å²) in [7, 11) is 1.77. The molecular weight excluding hydrogens is 371 g/mol. The summed E-state index contributed by atoms with van der Waals surface area (Å²) in [5.41, 5.74) is 1.41. The molecular formula is C22H25FN4O2. The Bertz CT molecular complexity index is 939. The molecule has 0 spiro atoms. The maximum Gasteiger partial charge on any atom is 0.257 e. The molecule has 0 aliphatic carbocycles. The van der Waals surface area contributed by atoms with Crippen molar-refractivity contribution in [1.82, 2.24) is 19.7 Å². The van der Waals surface area contributed by atoms with Crippen LogP contribution in [0.4, 0.5) is 4.39 Å². The van der Waals surface area contributed by atoms with Crippen LogP contribution in [0.2, 0.25) is 0 Å². The molecule has 152 valence electrons. The van der Waals surface area contributed by atoms with Gasteiger partial charge in [-0.05, 0) is 48.7 Å². The van der Waals surface area contributed by atoms with Gasteiger partial charge < -0.3 is 9.64 Å². The molecule has 0 fully saturated rings. The fourth-order valence-corrected chi connectivity index (χ4v) is 3.07. The molecule has 0 bridgehead atoms. The minimum absolute atomic E-state index is 0.0855. The van der Waals surface area contributed by atoms with Gasteiger partial charge >= 0.3 is 0 Å². The lowest BCUT2D eigenvalue weighted by atomic mass is 10.0. The van der Waals surface area contributed by atoms with Gasteiger partial charge in [0.2, 0.25) is 0 Å². The Morgan fingerprint density at radius 3 is 2.62 bits per heavy atom. The van der Waals surface area contributed by atoms with Gasteiger partial charge in [0.05, 0.1) is 24.1 Å². The van der Waals surface area contributed by atoms with E-state index < -0.39 is 0 Å². The van der Waals surface area contributed by atoms with Crippen LogP contribution in [0.5, 0.6) is 5.75 Å². The summed E-state index contributed by atoms with van der Waals surface area (Å²) in [5, 5.41) is 4.41. The largest absolute Gasteiger partial charge is 0.494 e. The van der Waals surface area contributed by atoms with Crippen LogP contribution in [0.1, 0.15) is 42.2 Å². The van der Waals surface area contributed by atoms with Crippen molar-refractivity contribution in [2.75, 3.05) is 20.2 Å². The molecule has 7 heteroatoms. The molecule has 0 N–H and O–H groups in total. The van der Waals surface area contributed by atoms with E-state index in [1.807, 2.05) is 32.0 Å². The average Bonchev–Trinajstić information content (AvgIpc) is 3.18. The summed E-state index contributed by atoms with van der Waals surface area (Å²) in [5.74, 6) is 1.02. The normalized spacial score (nSPS) is 10.9. The summed E-state index contributed by atoms with van der Waals surface area (Å²) < 4.78 is 20.2. The molecule has 2 heterocycles. The highest BCUT2D eigenvalue weighted by Crippen LogP contribution is 2.23. The van der Waals surface area contributed by atoms with Gasteiger partial charge in [0, 0.05) is 19.8 Å². The molecule has 3 rings (SSSR count). The van der Waals surface area contributed by atoms with Crippen LogP contribution in [-0.2, 0) is 0 Å². The summed E-state index contributed by atoms with van der Waals surface area (Å²) >= 11 is 0. The van der Waals surface area contributed by atoms with E-state index in [2.05, 4.69) is 10.1 Å². The molecule has 0 atom stereocenters. The van der Waals surface area contributed by atoms with E-state index in [1.54, 1.807) is 41.2 Å². The highest BCUT2D eigenvalue weighted by Gasteiger charge is 2.23. The molecule has 1 amide bonds. The fraction of sp³-hybridized carbons (Fsp3) is 0.318. The van der Waals surface area contributed by atoms with Gasteiger partial charge in [-0.2, -0.15) is 5.10 Å². The highest BCUT2D eigenvalue weighted by molar-refractivity contribution is 5.95. The third kappa shape index (κ3) is 4.99. The molecule has 0 saturated carbocycles. The zero-order valence-electron chi connectivity index (χ0n) is 16.9. The van der Waals surface area contributed by atoms with Crippen LogP contribution in [0.15, 0.2) is 54.9 Å². The van der Waals surface area contributed by atoms with Crippen LogP contribution in [-0.4, -0.2) is 45.8 Å². The Kier molecular flexibility index (Phi) is 6.59. The number of pyridine rings is 1. The number of hydrogen-bond donors (Lipinski definition) is 0. The zero-order valence-corrected chi connectivity index (χ0v) is 16.9. The van der Waals surface area contributed by atoms with Crippen molar-refractivity contribution in [3.63, 3.8) is 0 Å². The Balaban J connectivity index is 1.63. The second kappa shape index (κ2) is 9.32. The summed E-state index contributed by atoms with van der Waals surface area (Å²) in [6.07, 6.45) is 3.97. The zero-order chi connectivity index (χ0) is 20.8. The summed E-state index contributed by atoms with van der Waals surface area (Å²) in [6.45, 7) is 5.04. The van der Waals surface area contributed by atoms with Gasteiger partial charge in [-0.1, -0.05) is 19.9 Å². The fourth-order valence-electron chi connectivity index (χ4n) is 3.07. The van der Waals surface area contributed by atoms with E-state index in [0.717, 1.165) is 5.69 Å². The standard InChI is InChI=1S/C22H25FN4O2/c1-16(2)21-19(15-25-27(21)20-7-4-5-12-24-20)22(28)26(3)13-6-14-29-18-10-8-17(23)9-11-18/h4-5,7-12,15-16H,6,13-14H2,1-3H3. The molecule has 0 aliphatic rings. The quantitative estimate of drug-likeness (QED) is 0.539. The third-order valence-corrected chi connectivity index (χ3v) is 4.52. The van der Waals surface area contributed by atoms with E-state index in [0.29, 0.717) is 36.7 Å². The summed E-state index contributed by atoms with van der Waals surface area (Å²) in [4.78, 5) is 19.0. The van der Waals surface area contributed by atoms with Crippen LogP contribution in [0, 0.1) is 5.82 Å². The van der Waals surface area contributed by atoms with Gasteiger partial charge in [-0.25, -0.2) is 14.1 Å². The minimum atomic E-state index is -0.296. The molecule has 6 nitrogen and oxygen atoms in total. The number of carbonyl (C=O) groups excluding carboxylic acids is 1. The number of hydrogen-bond acceptors (Lipinski definition) is 4. The van der Waals surface area contributed by atoms with Crippen molar-refractivity contribution < 1.29 is 13.9 Å². The molecule has 1 aromatic carbocycles. The van der Waals surface area contributed by atoms with Crippen molar-refractivity contribution in [1.29, 1.82) is 0 Å². The highest BCUT2D eigenvalue weighted by atomic mass is 19.1. The van der Waals surface area contributed by atoms with Crippen LogP contribution in [0.25, 0.3) is 5.82 Å². The third-order valence-electron chi connectivity index (χ3n) is 4.52. The molecule has 0 unspecified atom stereocenters. The van der Waals surface area contributed by atoms with Gasteiger partial charge in [0.25, 0.3) is 5.91 Å². The van der Waals surface area contributed by atoms with E-state index in [9.17, 15) is 9.18 Å². The maximum absolute atomic E-state index is 13.0. The van der Waals surface area contributed by atoms with E-state index in [-0.39, 0.29) is 17.6 Å². The van der Waals surface area contributed by atoms with Crippen LogP contribution in [0.3, 0.4) is 0 Å². The van der Waals surface area contributed by atoms with Crippen molar-refractivity contribution >= 4 is 5.91 Å². The molecule has 2 aromatic heterocycles. The Morgan fingerprint density at radius 1 is 1.21 bits per heavy atom. The molecule has 0 saturated heterocycles. The minimum Gasteiger partial charge on any atom is -0.494 e. The number of carbonyl (C=O) groups is 1. The first-order chi connectivity index (χ1) is 14.0. The van der Waals surface area contributed by atoms with Crippen molar-refractivity contribution in [2.24, 2.45) is 0 Å². The summed E-state index contributed by atoms with van der Waals surface area (Å²) in [6, 6.07) is 11.5. The van der Waals surface area contributed by atoms with Crippen molar-refractivity contribution in [2.45, 2.75) is 26.2 Å².